The van der Waals surface area contributed by atoms with E-state index in [1.54, 1.807) is 6.20 Å². The van der Waals surface area contributed by atoms with Crippen LogP contribution in [0.25, 0.3) is 0 Å². The molecular formula is C19H31N3O2. The van der Waals surface area contributed by atoms with E-state index in [-0.39, 0.29) is 5.91 Å². The molecule has 0 aliphatic carbocycles. The van der Waals surface area contributed by atoms with Gasteiger partial charge in [0.05, 0.1) is 18.8 Å². The maximum absolute atomic E-state index is 12.5. The van der Waals surface area contributed by atoms with E-state index < -0.39 is 0 Å². The maximum Gasteiger partial charge on any atom is 0.255 e. The molecule has 0 saturated carbocycles. The Bertz CT molecular complexity index is 487. The van der Waals surface area contributed by atoms with Crippen molar-refractivity contribution in [1.82, 2.24) is 10.3 Å². The molecule has 1 amide bonds. The van der Waals surface area contributed by atoms with Crippen molar-refractivity contribution < 1.29 is 9.53 Å². The van der Waals surface area contributed by atoms with Gasteiger partial charge < -0.3 is 15.0 Å². The monoisotopic (exact) mass is 333 g/mol. The molecule has 1 N–H and O–H groups in total. The summed E-state index contributed by atoms with van der Waals surface area (Å²) < 4.78 is 5.38. The van der Waals surface area contributed by atoms with Crippen LogP contribution < -0.4 is 10.2 Å². The van der Waals surface area contributed by atoms with Gasteiger partial charge in [-0.2, -0.15) is 0 Å². The minimum atomic E-state index is -0.0180. The molecule has 134 valence electrons. The number of nitrogens with one attached hydrogen (secondary N) is 1. The van der Waals surface area contributed by atoms with E-state index in [2.05, 4.69) is 22.1 Å². The number of nitrogens with zero attached hydrogens (tertiary/aromatic N) is 2. The first-order chi connectivity index (χ1) is 11.8. The molecule has 0 aromatic carbocycles. The molecule has 0 bridgehead atoms. The summed E-state index contributed by atoms with van der Waals surface area (Å²) >= 11 is 0. The van der Waals surface area contributed by atoms with Gasteiger partial charge in [-0.1, -0.05) is 45.4 Å². The highest BCUT2D eigenvalue weighted by atomic mass is 16.5. The van der Waals surface area contributed by atoms with E-state index in [1.165, 1.54) is 38.5 Å². The van der Waals surface area contributed by atoms with Crippen LogP contribution in [-0.2, 0) is 4.74 Å². The van der Waals surface area contributed by atoms with E-state index in [0.29, 0.717) is 18.8 Å². The molecule has 5 heteroatoms. The summed E-state index contributed by atoms with van der Waals surface area (Å²) in [5.41, 5.74) is 0.669. The van der Waals surface area contributed by atoms with Crippen molar-refractivity contribution >= 4 is 11.7 Å². The van der Waals surface area contributed by atoms with E-state index in [0.717, 1.165) is 31.9 Å². The zero-order valence-electron chi connectivity index (χ0n) is 14.9. The van der Waals surface area contributed by atoms with Gasteiger partial charge in [0.25, 0.3) is 5.91 Å². The number of hydrogen-bond acceptors (Lipinski definition) is 4. The van der Waals surface area contributed by atoms with Gasteiger partial charge in [-0.25, -0.2) is 4.98 Å². The van der Waals surface area contributed by atoms with Crippen molar-refractivity contribution in [3.8, 4) is 0 Å². The molecule has 1 aliphatic rings. The minimum absolute atomic E-state index is 0.0180. The summed E-state index contributed by atoms with van der Waals surface area (Å²) in [5, 5.41) is 3.04. The van der Waals surface area contributed by atoms with Crippen LogP contribution in [0.2, 0.25) is 0 Å². The lowest BCUT2D eigenvalue weighted by Gasteiger charge is -2.29. The summed E-state index contributed by atoms with van der Waals surface area (Å²) in [6.07, 6.45) is 10.5. The number of hydrogen-bond donors (Lipinski definition) is 1. The highest BCUT2D eigenvalue weighted by molar-refractivity contribution is 5.98. The highest BCUT2D eigenvalue weighted by Crippen LogP contribution is 2.18. The normalized spacial score (nSPS) is 14.6. The van der Waals surface area contributed by atoms with Crippen LogP contribution in [0.15, 0.2) is 18.3 Å². The molecule has 2 heterocycles. The number of anilines is 1. The van der Waals surface area contributed by atoms with Gasteiger partial charge >= 0.3 is 0 Å². The van der Waals surface area contributed by atoms with Crippen molar-refractivity contribution in [1.29, 1.82) is 0 Å². The number of unbranched alkanes of at least 4 members (excludes halogenated alkanes) is 6. The van der Waals surface area contributed by atoms with Crippen LogP contribution in [0.5, 0.6) is 0 Å². The number of ether oxygens (including phenoxy) is 1. The standard InChI is InChI=1S/C19H31N3O2/c1-2-3-4-5-6-7-8-11-21-19(23)17-10-9-12-20-18(17)22-13-15-24-16-14-22/h9-10,12H,2-8,11,13-16H2,1H3,(H,21,23). The number of pyridine rings is 1. The summed E-state index contributed by atoms with van der Waals surface area (Å²) in [4.78, 5) is 19.0. The van der Waals surface area contributed by atoms with Gasteiger partial charge in [-0.15, -0.1) is 0 Å². The molecule has 0 atom stereocenters. The number of carbonyl (C=O) groups is 1. The van der Waals surface area contributed by atoms with Gasteiger partial charge in [-0.3, -0.25) is 4.79 Å². The van der Waals surface area contributed by atoms with Crippen LogP contribution in [-0.4, -0.2) is 43.7 Å². The van der Waals surface area contributed by atoms with Crippen LogP contribution in [0.4, 0.5) is 5.82 Å². The molecule has 1 fully saturated rings. The quantitative estimate of drug-likeness (QED) is 0.667. The number of rotatable bonds is 10. The molecule has 1 aromatic heterocycles. The average Bonchev–Trinajstić information content (AvgIpc) is 2.64. The average molecular weight is 333 g/mol. The summed E-state index contributed by atoms with van der Waals surface area (Å²) in [6, 6.07) is 3.68. The molecule has 5 nitrogen and oxygen atoms in total. The first kappa shape index (κ1) is 18.7. The van der Waals surface area contributed by atoms with E-state index >= 15 is 0 Å². The van der Waals surface area contributed by atoms with Crippen LogP contribution in [0, 0.1) is 0 Å². The topological polar surface area (TPSA) is 54.5 Å². The minimum Gasteiger partial charge on any atom is -0.378 e. The number of morpholine rings is 1. The zero-order valence-corrected chi connectivity index (χ0v) is 14.9. The fraction of sp³-hybridized carbons (Fsp3) is 0.684. The van der Waals surface area contributed by atoms with Crippen molar-refractivity contribution in [3.05, 3.63) is 23.9 Å². The van der Waals surface area contributed by atoms with Crippen molar-refractivity contribution in [2.75, 3.05) is 37.7 Å². The Balaban J connectivity index is 1.74. The fourth-order valence-corrected chi connectivity index (χ4v) is 2.98. The Morgan fingerprint density at radius 2 is 1.88 bits per heavy atom. The maximum atomic E-state index is 12.5. The van der Waals surface area contributed by atoms with Crippen molar-refractivity contribution in [2.24, 2.45) is 0 Å². The number of carbonyl (C=O) groups excluding carboxylic acids is 1. The molecule has 0 radical (unpaired) electrons. The second-order valence-electron chi connectivity index (χ2n) is 6.35. The van der Waals surface area contributed by atoms with E-state index in [9.17, 15) is 4.79 Å². The van der Waals surface area contributed by atoms with Gasteiger partial charge in [0.2, 0.25) is 0 Å². The van der Waals surface area contributed by atoms with Gasteiger partial charge in [0.15, 0.2) is 0 Å². The third kappa shape index (κ3) is 6.11. The molecule has 24 heavy (non-hydrogen) atoms. The summed E-state index contributed by atoms with van der Waals surface area (Å²) in [7, 11) is 0. The third-order valence-corrected chi connectivity index (χ3v) is 4.41. The first-order valence-electron chi connectivity index (χ1n) is 9.39. The van der Waals surface area contributed by atoms with Crippen molar-refractivity contribution in [2.45, 2.75) is 51.9 Å². The smallest absolute Gasteiger partial charge is 0.255 e. The lowest BCUT2D eigenvalue weighted by Crippen LogP contribution is -2.38. The van der Waals surface area contributed by atoms with Crippen molar-refractivity contribution in [3.63, 3.8) is 0 Å². The molecule has 1 aliphatic heterocycles. The predicted molar refractivity (Wildman–Crippen MR) is 97.6 cm³/mol. The Labute approximate surface area is 145 Å². The number of amides is 1. The molecule has 0 spiro atoms. The largest absolute Gasteiger partial charge is 0.378 e. The molecule has 1 aromatic rings. The molecular weight excluding hydrogens is 302 g/mol. The van der Waals surface area contributed by atoms with Crippen LogP contribution in [0.3, 0.4) is 0 Å². The number of aromatic nitrogens is 1. The molecule has 0 unspecified atom stereocenters. The Morgan fingerprint density at radius 1 is 1.17 bits per heavy atom. The predicted octanol–water partition coefficient (Wildman–Crippen LogP) is 3.40. The second-order valence-corrected chi connectivity index (χ2v) is 6.35. The summed E-state index contributed by atoms with van der Waals surface area (Å²) in [5.74, 6) is 0.758. The van der Waals surface area contributed by atoms with Gasteiger partial charge in [0, 0.05) is 25.8 Å². The zero-order chi connectivity index (χ0) is 17.0. The van der Waals surface area contributed by atoms with Gasteiger partial charge in [0.1, 0.15) is 5.82 Å². The Hall–Kier alpha value is -1.62. The van der Waals surface area contributed by atoms with Crippen LogP contribution in [0.1, 0.15) is 62.2 Å². The Morgan fingerprint density at radius 3 is 2.62 bits per heavy atom. The second kappa shape index (κ2) is 11.0. The van der Waals surface area contributed by atoms with Crippen LogP contribution >= 0.6 is 0 Å². The molecule has 2 rings (SSSR count). The molecule has 1 saturated heterocycles. The summed E-state index contributed by atoms with van der Waals surface area (Å²) in [6.45, 7) is 5.93. The Kier molecular flexibility index (Phi) is 8.60. The van der Waals surface area contributed by atoms with E-state index in [1.807, 2.05) is 12.1 Å². The lowest BCUT2D eigenvalue weighted by molar-refractivity contribution is 0.0951. The van der Waals surface area contributed by atoms with Gasteiger partial charge in [-0.05, 0) is 18.6 Å². The third-order valence-electron chi connectivity index (χ3n) is 4.41. The SMILES string of the molecule is CCCCCCCCCNC(=O)c1cccnc1N1CCOCC1. The lowest BCUT2D eigenvalue weighted by atomic mass is 10.1. The fourth-order valence-electron chi connectivity index (χ4n) is 2.98. The van der Waals surface area contributed by atoms with E-state index in [4.69, 9.17) is 4.74 Å². The first-order valence-corrected chi connectivity index (χ1v) is 9.39. The highest BCUT2D eigenvalue weighted by Gasteiger charge is 2.19.